The molecule has 6 heteroatoms. The molecule has 3 aromatic rings. The number of rotatable bonds is 5. The van der Waals surface area contributed by atoms with Gasteiger partial charge in [0, 0.05) is 31.8 Å². The van der Waals surface area contributed by atoms with Gasteiger partial charge in [0.15, 0.2) is 11.5 Å². The summed E-state index contributed by atoms with van der Waals surface area (Å²) in [5.41, 5.74) is 1.62. The van der Waals surface area contributed by atoms with Gasteiger partial charge in [-0.3, -0.25) is 9.48 Å². The fraction of sp³-hybridized carbons (Fsp3) is 0.421. The van der Waals surface area contributed by atoms with Crippen molar-refractivity contribution in [2.75, 3.05) is 6.54 Å². The van der Waals surface area contributed by atoms with Crippen LogP contribution in [0.2, 0.25) is 0 Å². The van der Waals surface area contributed by atoms with Gasteiger partial charge in [0.25, 0.3) is 0 Å². The summed E-state index contributed by atoms with van der Waals surface area (Å²) in [7, 11) is 0. The third kappa shape index (κ3) is 3.57. The first kappa shape index (κ1) is 15.9. The smallest absolute Gasteiger partial charge is 0.223 e. The van der Waals surface area contributed by atoms with E-state index in [1.807, 2.05) is 46.1 Å². The zero-order chi connectivity index (χ0) is 17.1. The van der Waals surface area contributed by atoms with Gasteiger partial charge < -0.3 is 9.32 Å². The number of amides is 1. The molecule has 1 aromatic carbocycles. The summed E-state index contributed by atoms with van der Waals surface area (Å²) in [5, 5.41) is 4.28. The number of oxazole rings is 1. The molecule has 1 atom stereocenters. The number of hydrogen-bond acceptors (Lipinski definition) is 4. The number of benzene rings is 1. The molecular weight excluding hydrogens is 316 g/mol. The molecule has 2 aromatic heterocycles. The highest BCUT2D eigenvalue weighted by molar-refractivity contribution is 5.77. The molecule has 0 saturated carbocycles. The van der Waals surface area contributed by atoms with Crippen LogP contribution in [0.25, 0.3) is 11.1 Å². The summed E-state index contributed by atoms with van der Waals surface area (Å²) in [4.78, 5) is 19.2. The molecule has 4 rings (SSSR count). The Kier molecular flexibility index (Phi) is 4.50. The molecule has 0 N–H and O–H groups in total. The third-order valence-corrected chi connectivity index (χ3v) is 4.80. The first-order valence-corrected chi connectivity index (χ1v) is 8.91. The lowest BCUT2D eigenvalue weighted by Crippen LogP contribution is -2.46. The summed E-state index contributed by atoms with van der Waals surface area (Å²) in [6.45, 7) is 1.60. The number of carbonyl (C=O) groups is 1. The van der Waals surface area contributed by atoms with E-state index in [9.17, 15) is 4.79 Å². The Balaban J connectivity index is 1.39. The van der Waals surface area contributed by atoms with Crippen LogP contribution in [0.1, 0.15) is 31.6 Å². The Morgan fingerprint density at radius 2 is 2.16 bits per heavy atom. The van der Waals surface area contributed by atoms with Crippen LogP contribution in [0.5, 0.6) is 0 Å². The van der Waals surface area contributed by atoms with Crippen molar-refractivity contribution in [3.05, 3.63) is 48.6 Å². The highest BCUT2D eigenvalue weighted by Gasteiger charge is 2.27. The van der Waals surface area contributed by atoms with Crippen molar-refractivity contribution in [3.8, 4) is 0 Å². The first-order chi connectivity index (χ1) is 12.3. The van der Waals surface area contributed by atoms with Gasteiger partial charge in [-0.1, -0.05) is 12.1 Å². The largest absolute Gasteiger partial charge is 0.441 e. The van der Waals surface area contributed by atoms with Crippen molar-refractivity contribution in [3.63, 3.8) is 0 Å². The SMILES string of the molecule is O=C(CCc1nc2ccccc2o1)N1CCCC[C@@H]1Cn1cccn1. The van der Waals surface area contributed by atoms with E-state index in [2.05, 4.69) is 10.1 Å². The van der Waals surface area contributed by atoms with Crippen molar-refractivity contribution in [2.24, 2.45) is 0 Å². The summed E-state index contributed by atoms with van der Waals surface area (Å²) < 4.78 is 7.64. The monoisotopic (exact) mass is 338 g/mol. The van der Waals surface area contributed by atoms with E-state index < -0.39 is 0 Å². The quantitative estimate of drug-likeness (QED) is 0.717. The fourth-order valence-corrected chi connectivity index (χ4v) is 3.53. The molecule has 0 spiro atoms. The molecule has 1 aliphatic heterocycles. The molecule has 130 valence electrons. The molecule has 3 heterocycles. The Labute approximate surface area is 146 Å². The zero-order valence-corrected chi connectivity index (χ0v) is 14.2. The van der Waals surface area contributed by atoms with Crippen molar-refractivity contribution < 1.29 is 9.21 Å². The number of likely N-dealkylation sites (tertiary alicyclic amines) is 1. The van der Waals surface area contributed by atoms with Crippen LogP contribution in [0, 0.1) is 0 Å². The van der Waals surface area contributed by atoms with Crippen molar-refractivity contribution in [2.45, 2.75) is 44.7 Å². The Bertz CT molecular complexity index is 807. The van der Waals surface area contributed by atoms with Gasteiger partial charge >= 0.3 is 0 Å². The number of aryl methyl sites for hydroxylation is 1. The van der Waals surface area contributed by atoms with Crippen LogP contribution in [0.15, 0.2) is 47.1 Å². The molecule has 1 amide bonds. The summed E-state index contributed by atoms with van der Waals surface area (Å²) in [6, 6.07) is 9.84. The minimum absolute atomic E-state index is 0.180. The van der Waals surface area contributed by atoms with Gasteiger partial charge in [-0.25, -0.2) is 4.98 Å². The second-order valence-corrected chi connectivity index (χ2v) is 6.54. The molecule has 0 bridgehead atoms. The molecule has 1 fully saturated rings. The third-order valence-electron chi connectivity index (χ3n) is 4.80. The fourth-order valence-electron chi connectivity index (χ4n) is 3.53. The van der Waals surface area contributed by atoms with Crippen molar-refractivity contribution in [1.29, 1.82) is 0 Å². The predicted molar refractivity (Wildman–Crippen MR) is 93.9 cm³/mol. The minimum atomic E-state index is 0.180. The summed E-state index contributed by atoms with van der Waals surface area (Å²) in [6.07, 6.45) is 7.98. The maximum Gasteiger partial charge on any atom is 0.223 e. The van der Waals surface area contributed by atoms with Crippen LogP contribution >= 0.6 is 0 Å². The van der Waals surface area contributed by atoms with Gasteiger partial charge in [0.1, 0.15) is 5.52 Å². The van der Waals surface area contributed by atoms with Gasteiger partial charge in [-0.05, 0) is 37.5 Å². The molecule has 25 heavy (non-hydrogen) atoms. The van der Waals surface area contributed by atoms with E-state index in [0.29, 0.717) is 18.7 Å². The lowest BCUT2D eigenvalue weighted by molar-refractivity contribution is -0.135. The number of carbonyl (C=O) groups excluding carboxylic acids is 1. The second-order valence-electron chi connectivity index (χ2n) is 6.54. The number of nitrogens with zero attached hydrogens (tertiary/aromatic N) is 4. The lowest BCUT2D eigenvalue weighted by atomic mass is 10.0. The van der Waals surface area contributed by atoms with Crippen LogP contribution in [0.3, 0.4) is 0 Å². The van der Waals surface area contributed by atoms with Crippen molar-refractivity contribution in [1.82, 2.24) is 19.7 Å². The van der Waals surface area contributed by atoms with E-state index >= 15 is 0 Å². The summed E-state index contributed by atoms with van der Waals surface area (Å²) in [5.74, 6) is 0.814. The Morgan fingerprint density at radius 3 is 3.00 bits per heavy atom. The molecular formula is C19H22N4O2. The minimum Gasteiger partial charge on any atom is -0.441 e. The van der Waals surface area contributed by atoms with Gasteiger partial charge in [0.05, 0.1) is 12.6 Å². The van der Waals surface area contributed by atoms with E-state index in [1.165, 1.54) is 6.42 Å². The van der Waals surface area contributed by atoms with Crippen LogP contribution in [0.4, 0.5) is 0 Å². The van der Waals surface area contributed by atoms with Crippen LogP contribution < -0.4 is 0 Å². The number of piperidine rings is 1. The molecule has 0 radical (unpaired) electrons. The van der Waals surface area contributed by atoms with Gasteiger partial charge in [-0.15, -0.1) is 0 Å². The maximum absolute atomic E-state index is 12.8. The maximum atomic E-state index is 12.8. The average molecular weight is 338 g/mol. The first-order valence-electron chi connectivity index (χ1n) is 8.91. The Morgan fingerprint density at radius 1 is 1.24 bits per heavy atom. The highest BCUT2D eigenvalue weighted by atomic mass is 16.3. The number of para-hydroxylation sites is 2. The topological polar surface area (TPSA) is 64.2 Å². The number of fused-ring (bicyclic) bond motifs is 1. The highest BCUT2D eigenvalue weighted by Crippen LogP contribution is 2.21. The normalized spacial score (nSPS) is 17.9. The van der Waals surface area contributed by atoms with Crippen molar-refractivity contribution >= 4 is 17.0 Å². The van der Waals surface area contributed by atoms with Crippen LogP contribution in [-0.4, -0.2) is 38.2 Å². The zero-order valence-electron chi connectivity index (χ0n) is 14.2. The van der Waals surface area contributed by atoms with E-state index in [1.54, 1.807) is 6.20 Å². The lowest BCUT2D eigenvalue weighted by Gasteiger charge is -2.35. The van der Waals surface area contributed by atoms with E-state index in [-0.39, 0.29) is 11.9 Å². The van der Waals surface area contributed by atoms with E-state index in [4.69, 9.17) is 4.42 Å². The molecule has 0 unspecified atom stereocenters. The summed E-state index contributed by atoms with van der Waals surface area (Å²) >= 11 is 0. The molecule has 0 aliphatic carbocycles. The molecule has 1 aliphatic rings. The second kappa shape index (κ2) is 7.09. The van der Waals surface area contributed by atoms with Crippen LogP contribution in [-0.2, 0) is 17.8 Å². The molecule has 1 saturated heterocycles. The van der Waals surface area contributed by atoms with E-state index in [0.717, 1.165) is 37.0 Å². The number of hydrogen-bond donors (Lipinski definition) is 0. The number of aromatic nitrogens is 3. The predicted octanol–water partition coefficient (Wildman–Crippen LogP) is 3.04. The molecule has 6 nitrogen and oxygen atoms in total. The Hall–Kier alpha value is -2.63. The standard InChI is InChI=1S/C19H22N4O2/c24-19(10-9-18-21-16-7-1-2-8-17(16)25-18)23-13-4-3-6-15(23)14-22-12-5-11-20-22/h1-2,5,7-8,11-12,15H,3-4,6,9-10,13-14H2/t15-/m1/s1. The van der Waals surface area contributed by atoms with Gasteiger partial charge in [0.2, 0.25) is 5.91 Å². The van der Waals surface area contributed by atoms with Gasteiger partial charge in [-0.2, -0.15) is 5.10 Å². The average Bonchev–Trinajstić information content (AvgIpc) is 3.29.